The molecule has 2 rings (SSSR count). The lowest BCUT2D eigenvalue weighted by Crippen LogP contribution is -2.11. The Labute approximate surface area is 91.1 Å². The molecule has 1 saturated carbocycles. The highest BCUT2D eigenvalue weighted by molar-refractivity contribution is 5.27. The van der Waals surface area contributed by atoms with Crippen molar-refractivity contribution < 1.29 is 5.11 Å². The van der Waals surface area contributed by atoms with Gasteiger partial charge in [0, 0.05) is 6.42 Å². The number of benzene rings is 1. The Morgan fingerprint density at radius 3 is 2.40 bits per heavy atom. The van der Waals surface area contributed by atoms with Crippen LogP contribution in [0.15, 0.2) is 24.3 Å². The summed E-state index contributed by atoms with van der Waals surface area (Å²) in [4.78, 5) is 0. The molecule has 0 saturated heterocycles. The molecule has 1 aliphatic carbocycles. The molecule has 2 heteroatoms. The van der Waals surface area contributed by atoms with Crippen LogP contribution in [0.3, 0.4) is 0 Å². The van der Waals surface area contributed by atoms with E-state index in [9.17, 15) is 5.11 Å². The third kappa shape index (κ3) is 2.58. The third-order valence-electron chi connectivity index (χ3n) is 3.26. The number of rotatable bonds is 4. The highest BCUT2D eigenvalue weighted by Gasteiger charge is 2.39. The zero-order valence-electron chi connectivity index (χ0n) is 9.24. The molecule has 0 radical (unpaired) electrons. The monoisotopic (exact) mass is 205 g/mol. The topological polar surface area (TPSA) is 46.2 Å². The van der Waals surface area contributed by atoms with Gasteiger partial charge in [0.2, 0.25) is 0 Å². The van der Waals surface area contributed by atoms with E-state index in [1.165, 1.54) is 11.1 Å². The summed E-state index contributed by atoms with van der Waals surface area (Å²) in [6.07, 6.45) is 2.70. The normalized spacial score (nSPS) is 19.9. The van der Waals surface area contributed by atoms with Crippen molar-refractivity contribution in [2.75, 3.05) is 6.54 Å². The fourth-order valence-electron chi connectivity index (χ4n) is 1.80. The van der Waals surface area contributed by atoms with Crippen LogP contribution in [0.2, 0.25) is 0 Å². The van der Waals surface area contributed by atoms with Crippen molar-refractivity contribution >= 4 is 0 Å². The molecule has 0 aliphatic heterocycles. The third-order valence-corrected chi connectivity index (χ3v) is 3.26. The molecule has 1 atom stereocenters. The lowest BCUT2D eigenvalue weighted by atomic mass is 9.98. The Morgan fingerprint density at radius 2 is 1.93 bits per heavy atom. The minimum Gasteiger partial charge on any atom is -0.390 e. The summed E-state index contributed by atoms with van der Waals surface area (Å²) in [7, 11) is 0. The van der Waals surface area contributed by atoms with E-state index in [4.69, 9.17) is 5.73 Å². The Bertz CT molecular complexity index is 327. The molecule has 3 N–H and O–H groups in total. The van der Waals surface area contributed by atoms with Crippen molar-refractivity contribution in [2.24, 2.45) is 5.73 Å². The standard InChI is InChI=1S/C13H19NO/c1-10(9-14)12-4-2-11(3-5-12)8-13(15)6-7-13/h2-5,10,15H,6-9,14H2,1H3. The van der Waals surface area contributed by atoms with E-state index in [0.717, 1.165) is 19.3 Å². The number of hydrogen-bond donors (Lipinski definition) is 2. The van der Waals surface area contributed by atoms with Crippen LogP contribution in [0.25, 0.3) is 0 Å². The fourth-order valence-corrected chi connectivity index (χ4v) is 1.80. The molecule has 1 fully saturated rings. The smallest absolute Gasteiger partial charge is 0.0690 e. The van der Waals surface area contributed by atoms with Gasteiger partial charge in [-0.3, -0.25) is 0 Å². The van der Waals surface area contributed by atoms with Gasteiger partial charge in [0.15, 0.2) is 0 Å². The van der Waals surface area contributed by atoms with Crippen LogP contribution >= 0.6 is 0 Å². The summed E-state index contributed by atoms with van der Waals surface area (Å²) in [5.74, 6) is 0.420. The fraction of sp³-hybridized carbons (Fsp3) is 0.538. The Balaban J connectivity index is 2.03. The first-order valence-electron chi connectivity index (χ1n) is 5.64. The molecule has 0 spiro atoms. The van der Waals surface area contributed by atoms with Crippen LogP contribution in [-0.4, -0.2) is 17.3 Å². The van der Waals surface area contributed by atoms with Gasteiger partial charge in [-0.2, -0.15) is 0 Å². The molecular formula is C13H19NO. The molecule has 1 unspecified atom stereocenters. The second kappa shape index (κ2) is 3.95. The SMILES string of the molecule is CC(CN)c1ccc(CC2(O)CC2)cc1. The highest BCUT2D eigenvalue weighted by atomic mass is 16.3. The van der Waals surface area contributed by atoms with Crippen LogP contribution in [0.1, 0.15) is 36.8 Å². The molecule has 1 aromatic carbocycles. The molecule has 82 valence electrons. The quantitative estimate of drug-likeness (QED) is 0.787. The highest BCUT2D eigenvalue weighted by Crippen LogP contribution is 2.38. The van der Waals surface area contributed by atoms with Crippen molar-refractivity contribution in [2.45, 2.75) is 37.7 Å². The molecule has 2 nitrogen and oxygen atoms in total. The predicted molar refractivity (Wildman–Crippen MR) is 61.8 cm³/mol. The first-order valence-corrected chi connectivity index (χ1v) is 5.64. The van der Waals surface area contributed by atoms with Crippen molar-refractivity contribution in [3.63, 3.8) is 0 Å². The number of aliphatic hydroxyl groups is 1. The van der Waals surface area contributed by atoms with Crippen LogP contribution in [0.5, 0.6) is 0 Å². The van der Waals surface area contributed by atoms with E-state index in [1.807, 2.05) is 0 Å². The first kappa shape index (κ1) is 10.7. The summed E-state index contributed by atoms with van der Waals surface area (Å²) >= 11 is 0. The maximum atomic E-state index is 9.79. The maximum absolute atomic E-state index is 9.79. The minimum atomic E-state index is -0.388. The lowest BCUT2D eigenvalue weighted by Gasteiger charge is -2.11. The molecular weight excluding hydrogens is 186 g/mol. The van der Waals surface area contributed by atoms with Crippen molar-refractivity contribution in [1.29, 1.82) is 0 Å². The summed E-state index contributed by atoms with van der Waals surface area (Å²) < 4.78 is 0. The molecule has 15 heavy (non-hydrogen) atoms. The summed E-state index contributed by atoms with van der Waals surface area (Å²) in [6.45, 7) is 2.81. The molecule has 0 amide bonds. The van der Waals surface area contributed by atoms with Crippen molar-refractivity contribution in [3.05, 3.63) is 35.4 Å². The van der Waals surface area contributed by atoms with Gasteiger partial charge in [-0.25, -0.2) is 0 Å². The Hall–Kier alpha value is -0.860. The Kier molecular flexibility index (Phi) is 2.81. The van der Waals surface area contributed by atoms with Gasteiger partial charge in [-0.15, -0.1) is 0 Å². The van der Waals surface area contributed by atoms with E-state index in [1.54, 1.807) is 0 Å². The number of hydrogen-bond acceptors (Lipinski definition) is 2. The van der Waals surface area contributed by atoms with Gasteiger partial charge in [0.05, 0.1) is 5.60 Å². The van der Waals surface area contributed by atoms with Gasteiger partial charge in [-0.1, -0.05) is 31.2 Å². The van der Waals surface area contributed by atoms with Crippen LogP contribution in [0, 0.1) is 0 Å². The first-order chi connectivity index (χ1) is 7.13. The maximum Gasteiger partial charge on any atom is 0.0690 e. The van der Waals surface area contributed by atoms with Gasteiger partial charge in [0.1, 0.15) is 0 Å². The van der Waals surface area contributed by atoms with E-state index >= 15 is 0 Å². The summed E-state index contributed by atoms with van der Waals surface area (Å²) in [6, 6.07) is 8.47. The van der Waals surface area contributed by atoms with E-state index in [2.05, 4.69) is 31.2 Å². The summed E-state index contributed by atoms with van der Waals surface area (Å²) in [5, 5.41) is 9.79. The van der Waals surface area contributed by atoms with E-state index in [0.29, 0.717) is 12.5 Å². The lowest BCUT2D eigenvalue weighted by molar-refractivity contribution is 0.151. The second-order valence-corrected chi connectivity index (χ2v) is 4.78. The van der Waals surface area contributed by atoms with Gasteiger partial charge in [0.25, 0.3) is 0 Å². The van der Waals surface area contributed by atoms with Crippen LogP contribution in [0.4, 0.5) is 0 Å². The van der Waals surface area contributed by atoms with Crippen LogP contribution < -0.4 is 5.73 Å². The minimum absolute atomic E-state index is 0.388. The zero-order chi connectivity index (χ0) is 10.9. The molecule has 1 aliphatic rings. The van der Waals surface area contributed by atoms with Crippen molar-refractivity contribution in [1.82, 2.24) is 0 Å². The van der Waals surface area contributed by atoms with Crippen LogP contribution in [-0.2, 0) is 6.42 Å². The molecule has 0 aromatic heterocycles. The second-order valence-electron chi connectivity index (χ2n) is 4.78. The van der Waals surface area contributed by atoms with E-state index in [-0.39, 0.29) is 5.60 Å². The predicted octanol–water partition coefficient (Wildman–Crippen LogP) is 1.82. The van der Waals surface area contributed by atoms with Gasteiger partial charge < -0.3 is 10.8 Å². The largest absolute Gasteiger partial charge is 0.390 e. The average Bonchev–Trinajstić information content (AvgIpc) is 2.96. The van der Waals surface area contributed by atoms with E-state index < -0.39 is 0 Å². The molecule has 0 heterocycles. The average molecular weight is 205 g/mol. The molecule has 0 bridgehead atoms. The Morgan fingerprint density at radius 1 is 1.33 bits per heavy atom. The zero-order valence-corrected chi connectivity index (χ0v) is 9.24. The molecule has 1 aromatic rings. The van der Waals surface area contributed by atoms with Gasteiger partial charge in [-0.05, 0) is 36.4 Å². The van der Waals surface area contributed by atoms with Crippen molar-refractivity contribution in [3.8, 4) is 0 Å². The summed E-state index contributed by atoms with van der Waals surface area (Å²) in [5.41, 5.74) is 7.73. The number of nitrogens with two attached hydrogens (primary N) is 1. The van der Waals surface area contributed by atoms with Gasteiger partial charge >= 0.3 is 0 Å².